The summed E-state index contributed by atoms with van der Waals surface area (Å²) in [5.41, 5.74) is 0.639. The van der Waals surface area contributed by atoms with E-state index in [2.05, 4.69) is 27.7 Å². The zero-order valence-corrected chi connectivity index (χ0v) is 25.1. The average Bonchev–Trinajstić information content (AvgIpc) is 2.87. The van der Waals surface area contributed by atoms with Gasteiger partial charge < -0.3 is 9.80 Å². The first-order valence-electron chi connectivity index (χ1n) is 14.8. The summed E-state index contributed by atoms with van der Waals surface area (Å²) in [6.07, 6.45) is 17.6. The van der Waals surface area contributed by atoms with Crippen LogP contribution < -0.4 is 0 Å². The van der Waals surface area contributed by atoms with Crippen LogP contribution in [0.1, 0.15) is 130 Å². The molecule has 0 atom stereocenters. The van der Waals surface area contributed by atoms with Gasteiger partial charge in [0.15, 0.2) is 0 Å². The van der Waals surface area contributed by atoms with Crippen molar-refractivity contribution in [1.29, 1.82) is 0 Å². The van der Waals surface area contributed by atoms with Gasteiger partial charge in [0.05, 0.1) is 0 Å². The van der Waals surface area contributed by atoms with Gasteiger partial charge in [-0.2, -0.15) is 0 Å². The SMILES string of the molecule is CCCCCCN(CCCCCC)C1=C(Cl)C(=O)C(N(CCCCCC)CCCCCC)=C(Cl)C1=O. The number of Topliss-reactive ketones (excluding diaryl/α,β-unsaturated/α-hetero) is 2. The van der Waals surface area contributed by atoms with Crippen LogP contribution in [0.4, 0.5) is 0 Å². The quantitative estimate of drug-likeness (QED) is 0.101. The minimum atomic E-state index is -0.283. The molecule has 0 heterocycles. The largest absolute Gasteiger partial charge is 0.367 e. The van der Waals surface area contributed by atoms with Crippen LogP contribution in [-0.4, -0.2) is 47.5 Å². The fourth-order valence-electron chi connectivity index (χ4n) is 4.78. The Balaban J connectivity index is 3.14. The molecule has 0 spiro atoms. The highest BCUT2D eigenvalue weighted by atomic mass is 35.5. The van der Waals surface area contributed by atoms with Crippen molar-refractivity contribution in [2.75, 3.05) is 26.2 Å². The molecule has 1 aliphatic carbocycles. The van der Waals surface area contributed by atoms with Crippen LogP contribution >= 0.6 is 23.2 Å². The number of hydrogen-bond acceptors (Lipinski definition) is 4. The van der Waals surface area contributed by atoms with Crippen LogP contribution in [0.3, 0.4) is 0 Å². The summed E-state index contributed by atoms with van der Waals surface area (Å²) in [5, 5.41) is 0.106. The molecule has 0 unspecified atom stereocenters. The second kappa shape index (κ2) is 20.0. The van der Waals surface area contributed by atoms with Gasteiger partial charge in [-0.25, -0.2) is 0 Å². The number of carbonyl (C=O) groups excluding carboxylic acids is 2. The molecular weight excluding hydrogens is 491 g/mol. The number of nitrogens with zero attached hydrogens (tertiary/aromatic N) is 2. The maximum atomic E-state index is 13.6. The molecule has 36 heavy (non-hydrogen) atoms. The third kappa shape index (κ3) is 11.2. The first-order valence-corrected chi connectivity index (χ1v) is 15.6. The van der Waals surface area contributed by atoms with Gasteiger partial charge in [-0.15, -0.1) is 0 Å². The van der Waals surface area contributed by atoms with E-state index in [1.54, 1.807) is 0 Å². The second-order valence-corrected chi connectivity index (χ2v) is 11.0. The number of hydrogen-bond donors (Lipinski definition) is 0. The van der Waals surface area contributed by atoms with Crippen LogP contribution in [0, 0.1) is 0 Å². The molecule has 1 aliphatic rings. The van der Waals surface area contributed by atoms with Crippen LogP contribution in [0.15, 0.2) is 21.5 Å². The van der Waals surface area contributed by atoms with Crippen molar-refractivity contribution in [3.63, 3.8) is 0 Å². The number of carbonyl (C=O) groups is 2. The lowest BCUT2D eigenvalue weighted by Crippen LogP contribution is -2.39. The summed E-state index contributed by atoms with van der Waals surface area (Å²) >= 11 is 13.4. The van der Waals surface area contributed by atoms with E-state index in [0.29, 0.717) is 11.4 Å². The molecule has 4 nitrogen and oxygen atoms in total. The van der Waals surface area contributed by atoms with Crippen LogP contribution in [0.2, 0.25) is 0 Å². The summed E-state index contributed by atoms with van der Waals surface area (Å²) in [4.78, 5) is 31.3. The molecule has 0 N–H and O–H groups in total. The first kappa shape index (κ1) is 33.0. The second-order valence-electron chi connectivity index (χ2n) is 10.2. The molecule has 0 radical (unpaired) electrons. The fourth-order valence-corrected chi connectivity index (χ4v) is 5.37. The third-order valence-electron chi connectivity index (χ3n) is 7.00. The number of halogens is 2. The van der Waals surface area contributed by atoms with Crippen molar-refractivity contribution >= 4 is 34.8 Å². The number of unbranched alkanes of at least 4 members (excludes halogenated alkanes) is 12. The number of rotatable bonds is 22. The molecule has 0 saturated heterocycles. The smallest absolute Gasteiger partial charge is 0.224 e. The van der Waals surface area contributed by atoms with Gasteiger partial charge in [0.2, 0.25) is 11.6 Å². The summed E-state index contributed by atoms with van der Waals surface area (Å²) in [5.74, 6) is -0.566. The van der Waals surface area contributed by atoms with Crippen molar-refractivity contribution in [1.82, 2.24) is 9.80 Å². The van der Waals surface area contributed by atoms with Crippen molar-refractivity contribution in [3.05, 3.63) is 21.5 Å². The Morgan fingerprint density at radius 3 is 0.917 bits per heavy atom. The van der Waals surface area contributed by atoms with Gasteiger partial charge in [0.1, 0.15) is 21.5 Å². The topological polar surface area (TPSA) is 40.6 Å². The molecule has 0 fully saturated rings. The Morgan fingerprint density at radius 2 is 0.694 bits per heavy atom. The summed E-state index contributed by atoms with van der Waals surface area (Å²) in [7, 11) is 0. The Bertz CT molecular complexity index is 634. The van der Waals surface area contributed by atoms with Crippen LogP contribution in [0.25, 0.3) is 0 Å². The molecule has 0 bridgehead atoms. The van der Waals surface area contributed by atoms with Gasteiger partial charge in [-0.05, 0) is 25.7 Å². The number of ketones is 2. The zero-order valence-electron chi connectivity index (χ0n) is 23.6. The lowest BCUT2D eigenvalue weighted by Gasteiger charge is -2.33. The Kier molecular flexibility index (Phi) is 18.4. The average molecular weight is 544 g/mol. The van der Waals surface area contributed by atoms with Gasteiger partial charge in [-0.1, -0.05) is 128 Å². The maximum Gasteiger partial charge on any atom is 0.224 e. The Morgan fingerprint density at radius 1 is 0.444 bits per heavy atom. The third-order valence-corrected chi connectivity index (χ3v) is 7.70. The molecule has 208 valence electrons. The minimum Gasteiger partial charge on any atom is -0.367 e. The monoisotopic (exact) mass is 542 g/mol. The first-order chi connectivity index (χ1) is 17.4. The number of allylic oxidation sites excluding steroid dienone is 2. The van der Waals surface area contributed by atoms with E-state index in [4.69, 9.17) is 23.2 Å². The molecule has 0 aromatic carbocycles. The van der Waals surface area contributed by atoms with Gasteiger partial charge >= 0.3 is 0 Å². The lowest BCUT2D eigenvalue weighted by molar-refractivity contribution is -0.118. The van der Waals surface area contributed by atoms with E-state index in [1.165, 1.54) is 25.7 Å². The van der Waals surface area contributed by atoms with E-state index >= 15 is 0 Å². The molecular formula is C30H52Cl2N2O2. The molecule has 1 rings (SSSR count). The highest BCUT2D eigenvalue weighted by Gasteiger charge is 2.38. The van der Waals surface area contributed by atoms with Crippen molar-refractivity contribution in [2.45, 2.75) is 130 Å². The molecule has 0 aliphatic heterocycles. The van der Waals surface area contributed by atoms with Crippen LogP contribution in [0.5, 0.6) is 0 Å². The molecule has 0 aromatic rings. The molecule has 0 aromatic heterocycles. The predicted molar refractivity (Wildman–Crippen MR) is 155 cm³/mol. The predicted octanol–water partition coefficient (Wildman–Crippen LogP) is 8.96. The summed E-state index contributed by atoms with van der Waals surface area (Å²) in [6, 6.07) is 0. The normalized spacial score (nSPS) is 14.3. The molecule has 0 saturated carbocycles. The van der Waals surface area contributed by atoms with E-state index in [1.807, 2.05) is 9.80 Å². The molecule has 6 heteroatoms. The lowest BCUT2D eigenvalue weighted by atomic mass is 10.0. The highest BCUT2D eigenvalue weighted by Crippen LogP contribution is 2.34. The van der Waals surface area contributed by atoms with E-state index < -0.39 is 0 Å². The Labute approximate surface area is 231 Å². The highest BCUT2D eigenvalue weighted by molar-refractivity contribution is 6.55. The standard InChI is InChI=1S/C30H52Cl2N2O2/c1-5-9-13-17-21-33(22-18-14-10-6-2)27-25(31)30(36)28(26(32)29(27)35)34(23-19-15-11-7-3)24-20-16-12-8-4/h5-24H2,1-4H3. The maximum absolute atomic E-state index is 13.6. The summed E-state index contributed by atoms with van der Waals surface area (Å²) < 4.78 is 0. The van der Waals surface area contributed by atoms with E-state index in [-0.39, 0.29) is 21.6 Å². The van der Waals surface area contributed by atoms with Gasteiger partial charge in [0.25, 0.3) is 0 Å². The zero-order chi connectivity index (χ0) is 26.8. The summed E-state index contributed by atoms with van der Waals surface area (Å²) in [6.45, 7) is 11.7. The van der Waals surface area contributed by atoms with E-state index in [9.17, 15) is 9.59 Å². The molecule has 0 amide bonds. The van der Waals surface area contributed by atoms with E-state index in [0.717, 1.165) is 103 Å². The van der Waals surface area contributed by atoms with Crippen LogP contribution in [-0.2, 0) is 9.59 Å². The Hall–Kier alpha value is -1.00. The van der Waals surface area contributed by atoms with Crippen molar-refractivity contribution in [3.8, 4) is 0 Å². The van der Waals surface area contributed by atoms with Gasteiger partial charge in [0, 0.05) is 26.2 Å². The van der Waals surface area contributed by atoms with Crippen molar-refractivity contribution in [2.24, 2.45) is 0 Å². The fraction of sp³-hybridized carbons (Fsp3) is 0.800. The van der Waals surface area contributed by atoms with Crippen molar-refractivity contribution < 1.29 is 9.59 Å². The van der Waals surface area contributed by atoms with Gasteiger partial charge in [-0.3, -0.25) is 9.59 Å². The minimum absolute atomic E-state index is 0.0532.